The highest BCUT2D eigenvalue weighted by Crippen LogP contribution is 2.63. The first-order valence-electron chi connectivity index (χ1n) is 8.36. The lowest BCUT2D eigenvalue weighted by molar-refractivity contribution is -0.0452. The summed E-state index contributed by atoms with van der Waals surface area (Å²) in [5, 5.41) is 11.3. The van der Waals surface area contributed by atoms with Gasteiger partial charge in [0.15, 0.2) is 0 Å². The van der Waals surface area contributed by atoms with Crippen LogP contribution in [-0.4, -0.2) is 10.7 Å². The van der Waals surface area contributed by atoms with Crippen LogP contribution in [0.15, 0.2) is 18.2 Å². The minimum absolute atomic E-state index is 0.410. The van der Waals surface area contributed by atoms with Gasteiger partial charge in [-0.05, 0) is 79.9 Å². The van der Waals surface area contributed by atoms with E-state index in [1.54, 1.807) is 0 Å². The Morgan fingerprint density at radius 1 is 1.15 bits per heavy atom. The normalized spacial score (nSPS) is 42.1. The van der Waals surface area contributed by atoms with E-state index < -0.39 is 5.60 Å². The van der Waals surface area contributed by atoms with Crippen LogP contribution < -0.4 is 0 Å². The molecule has 1 aromatic carbocycles. The third-order valence-corrected chi connectivity index (χ3v) is 6.74. The minimum Gasteiger partial charge on any atom is -0.389 e. The molecule has 3 fully saturated rings. The molecule has 1 aromatic rings. The van der Waals surface area contributed by atoms with E-state index in [1.807, 2.05) is 0 Å². The lowest BCUT2D eigenvalue weighted by Crippen LogP contribution is -2.43. The summed E-state index contributed by atoms with van der Waals surface area (Å²) in [5.41, 5.74) is 3.69. The number of hydrogen-bond donors (Lipinski definition) is 1. The Morgan fingerprint density at radius 2 is 1.85 bits per heavy atom. The molecule has 0 amide bonds. The van der Waals surface area contributed by atoms with Crippen molar-refractivity contribution in [2.24, 2.45) is 23.7 Å². The first-order valence-corrected chi connectivity index (χ1v) is 8.36. The molecule has 3 aliphatic rings. The van der Waals surface area contributed by atoms with Gasteiger partial charge in [-0.1, -0.05) is 24.6 Å². The van der Waals surface area contributed by atoms with E-state index in [4.69, 9.17) is 0 Å². The number of aryl methyl sites for hydroxylation is 2. The molecular formula is C19H26O. The summed E-state index contributed by atoms with van der Waals surface area (Å²) in [7, 11) is 0. The van der Waals surface area contributed by atoms with Crippen molar-refractivity contribution < 1.29 is 5.11 Å². The number of fused-ring (bicyclic) bond motifs is 5. The van der Waals surface area contributed by atoms with Gasteiger partial charge >= 0.3 is 0 Å². The first-order chi connectivity index (χ1) is 9.58. The summed E-state index contributed by atoms with van der Waals surface area (Å²) in [6, 6.07) is 6.51. The second kappa shape index (κ2) is 4.34. The monoisotopic (exact) mass is 270 g/mol. The Labute approximate surface area is 122 Å². The summed E-state index contributed by atoms with van der Waals surface area (Å²) < 4.78 is 0. The molecule has 108 valence electrons. The molecule has 3 saturated carbocycles. The van der Waals surface area contributed by atoms with Gasteiger partial charge in [0.05, 0.1) is 5.60 Å². The van der Waals surface area contributed by atoms with Gasteiger partial charge in [-0.3, -0.25) is 0 Å². The first kappa shape index (κ1) is 12.9. The summed E-state index contributed by atoms with van der Waals surface area (Å²) >= 11 is 0. The minimum atomic E-state index is -0.410. The van der Waals surface area contributed by atoms with Crippen molar-refractivity contribution >= 4 is 0 Å². The van der Waals surface area contributed by atoms with E-state index in [0.717, 1.165) is 30.6 Å². The average molecular weight is 270 g/mol. The largest absolute Gasteiger partial charge is 0.389 e. The molecule has 4 rings (SSSR count). The molecule has 0 aliphatic heterocycles. The highest BCUT2D eigenvalue weighted by Gasteiger charge is 2.60. The van der Waals surface area contributed by atoms with E-state index >= 15 is 0 Å². The molecule has 0 radical (unpaired) electrons. The average Bonchev–Trinajstić information content (AvgIpc) is 3.05. The number of aliphatic hydroxyl groups is 1. The Hall–Kier alpha value is -0.820. The van der Waals surface area contributed by atoms with Crippen LogP contribution in [0.5, 0.6) is 0 Å². The molecule has 0 saturated heterocycles. The highest BCUT2D eigenvalue weighted by atomic mass is 16.3. The molecule has 1 nitrogen and oxygen atoms in total. The van der Waals surface area contributed by atoms with E-state index in [0.29, 0.717) is 5.92 Å². The maximum atomic E-state index is 11.3. The topological polar surface area (TPSA) is 20.2 Å². The third kappa shape index (κ3) is 1.72. The standard InChI is InChI=1S/C19H26O/c1-12-5-3-6-13(2)17(12)11-19(20)10-14-9-18(19)16-8-4-7-15(14)16/h3,5-6,14-16,18,20H,4,7-11H2,1-2H3. The predicted octanol–water partition coefficient (Wildman–Crippen LogP) is 4.03. The van der Waals surface area contributed by atoms with Crippen LogP contribution in [0.25, 0.3) is 0 Å². The van der Waals surface area contributed by atoms with Crippen molar-refractivity contribution in [3.05, 3.63) is 34.9 Å². The van der Waals surface area contributed by atoms with Crippen LogP contribution >= 0.6 is 0 Å². The maximum Gasteiger partial charge on any atom is 0.0721 e. The molecule has 3 aliphatic carbocycles. The lowest BCUT2D eigenvalue weighted by atomic mass is 9.70. The highest BCUT2D eigenvalue weighted by molar-refractivity contribution is 5.35. The number of hydrogen-bond acceptors (Lipinski definition) is 1. The lowest BCUT2D eigenvalue weighted by Gasteiger charge is -2.39. The molecule has 1 heteroatoms. The molecule has 1 N–H and O–H groups in total. The van der Waals surface area contributed by atoms with Crippen molar-refractivity contribution in [1.82, 2.24) is 0 Å². The number of benzene rings is 1. The summed E-state index contributed by atoms with van der Waals surface area (Å²) in [4.78, 5) is 0. The molecule has 0 aromatic heterocycles. The fourth-order valence-corrected chi connectivity index (χ4v) is 5.87. The summed E-state index contributed by atoms with van der Waals surface area (Å²) in [6.45, 7) is 4.38. The fourth-order valence-electron chi connectivity index (χ4n) is 5.87. The van der Waals surface area contributed by atoms with Gasteiger partial charge in [-0.25, -0.2) is 0 Å². The van der Waals surface area contributed by atoms with Gasteiger partial charge in [0, 0.05) is 6.42 Å². The molecule has 0 spiro atoms. The predicted molar refractivity (Wildman–Crippen MR) is 81.6 cm³/mol. The zero-order chi connectivity index (χ0) is 13.9. The fraction of sp³-hybridized carbons (Fsp3) is 0.684. The zero-order valence-electron chi connectivity index (χ0n) is 12.7. The second-order valence-corrected chi connectivity index (χ2v) is 7.72. The van der Waals surface area contributed by atoms with E-state index in [9.17, 15) is 5.11 Å². The van der Waals surface area contributed by atoms with Gasteiger partial charge < -0.3 is 5.11 Å². The second-order valence-electron chi connectivity index (χ2n) is 7.72. The van der Waals surface area contributed by atoms with Crippen molar-refractivity contribution in [3.8, 4) is 0 Å². The Bertz CT molecular complexity index is 514. The van der Waals surface area contributed by atoms with Crippen LogP contribution in [0.1, 0.15) is 48.8 Å². The van der Waals surface area contributed by atoms with Crippen LogP contribution in [0.3, 0.4) is 0 Å². The third-order valence-electron chi connectivity index (χ3n) is 6.74. The Morgan fingerprint density at radius 3 is 2.60 bits per heavy atom. The van der Waals surface area contributed by atoms with Gasteiger partial charge in [0.2, 0.25) is 0 Å². The van der Waals surface area contributed by atoms with E-state index in [-0.39, 0.29) is 0 Å². The van der Waals surface area contributed by atoms with Crippen LogP contribution in [0.4, 0.5) is 0 Å². The molecule has 20 heavy (non-hydrogen) atoms. The molecule has 5 unspecified atom stereocenters. The maximum absolute atomic E-state index is 11.3. The van der Waals surface area contributed by atoms with Crippen molar-refractivity contribution in [3.63, 3.8) is 0 Å². The summed E-state index contributed by atoms with van der Waals surface area (Å²) in [6.07, 6.45) is 7.47. The molecule has 0 heterocycles. The Balaban J connectivity index is 1.63. The van der Waals surface area contributed by atoms with Crippen LogP contribution in [-0.2, 0) is 6.42 Å². The van der Waals surface area contributed by atoms with Gasteiger partial charge in [0.1, 0.15) is 0 Å². The smallest absolute Gasteiger partial charge is 0.0721 e. The van der Waals surface area contributed by atoms with Crippen molar-refractivity contribution in [2.75, 3.05) is 0 Å². The molecule has 2 bridgehead atoms. The Kier molecular flexibility index (Phi) is 2.79. The van der Waals surface area contributed by atoms with E-state index in [1.165, 1.54) is 42.4 Å². The van der Waals surface area contributed by atoms with Crippen LogP contribution in [0, 0.1) is 37.5 Å². The quantitative estimate of drug-likeness (QED) is 0.860. The SMILES string of the molecule is Cc1cccc(C)c1CC1(O)CC2CC1C1CCCC21. The van der Waals surface area contributed by atoms with Gasteiger partial charge in [-0.15, -0.1) is 0 Å². The molecule has 5 atom stereocenters. The van der Waals surface area contributed by atoms with Gasteiger partial charge in [0.25, 0.3) is 0 Å². The number of rotatable bonds is 2. The van der Waals surface area contributed by atoms with Crippen molar-refractivity contribution in [1.29, 1.82) is 0 Å². The molecular weight excluding hydrogens is 244 g/mol. The van der Waals surface area contributed by atoms with E-state index in [2.05, 4.69) is 32.0 Å². The van der Waals surface area contributed by atoms with Crippen molar-refractivity contribution in [2.45, 2.75) is 58.0 Å². The zero-order valence-corrected chi connectivity index (χ0v) is 12.7. The van der Waals surface area contributed by atoms with Gasteiger partial charge in [-0.2, -0.15) is 0 Å². The summed E-state index contributed by atoms with van der Waals surface area (Å²) in [5.74, 6) is 3.20. The van der Waals surface area contributed by atoms with Crippen LogP contribution in [0.2, 0.25) is 0 Å².